The zero-order valence-electron chi connectivity index (χ0n) is 18.1. The maximum absolute atomic E-state index is 13.7. The number of halogens is 4. The normalized spacial score (nSPS) is 15.6. The number of pyridine rings is 1. The topological polar surface area (TPSA) is 65.4 Å². The van der Waals surface area contributed by atoms with Crippen LogP contribution in [0.4, 0.5) is 29.2 Å². The molecule has 1 aromatic carbocycles. The fraction of sp³-hybridized carbons (Fsp3) is 0.348. The molecule has 1 aliphatic rings. The van der Waals surface area contributed by atoms with E-state index in [-0.39, 0.29) is 17.5 Å². The molecule has 1 saturated heterocycles. The van der Waals surface area contributed by atoms with Gasteiger partial charge < -0.3 is 14.9 Å². The van der Waals surface area contributed by atoms with E-state index in [0.29, 0.717) is 48.8 Å². The zero-order valence-corrected chi connectivity index (χ0v) is 18.1. The summed E-state index contributed by atoms with van der Waals surface area (Å²) >= 11 is 0. The number of nitrogens with zero attached hydrogens (tertiary/aromatic N) is 5. The van der Waals surface area contributed by atoms with Crippen LogP contribution in [0.25, 0.3) is 11.3 Å². The lowest BCUT2D eigenvalue weighted by Crippen LogP contribution is -2.47. The molecule has 6 nitrogen and oxygen atoms in total. The van der Waals surface area contributed by atoms with Gasteiger partial charge in [0.25, 0.3) is 0 Å². The standard InChI is InChI=1S/C23H23F4N5O/c1-14-12-16(5-6-18(14)24)19-13-20(30-21(29-19)15(2)33)31-8-10-32(11-9-31)22-17(23(25,26)27)4-3-7-28-22/h3-7,12-13,15,33H,8-11H2,1-2H3. The summed E-state index contributed by atoms with van der Waals surface area (Å²) in [7, 11) is 0. The van der Waals surface area contributed by atoms with Crippen LogP contribution >= 0.6 is 0 Å². The summed E-state index contributed by atoms with van der Waals surface area (Å²) in [6, 6.07) is 8.70. The van der Waals surface area contributed by atoms with Gasteiger partial charge in [0.15, 0.2) is 5.82 Å². The number of hydrogen-bond acceptors (Lipinski definition) is 6. The molecule has 3 heterocycles. The molecule has 0 aliphatic carbocycles. The molecule has 1 unspecified atom stereocenters. The fourth-order valence-electron chi connectivity index (χ4n) is 3.77. The molecule has 0 bridgehead atoms. The molecule has 1 atom stereocenters. The number of piperazine rings is 1. The Labute approximate surface area is 188 Å². The highest BCUT2D eigenvalue weighted by atomic mass is 19.4. The minimum atomic E-state index is -4.48. The van der Waals surface area contributed by atoms with Crippen molar-refractivity contribution in [3.05, 3.63) is 65.4 Å². The van der Waals surface area contributed by atoms with Crippen LogP contribution in [0.15, 0.2) is 42.6 Å². The molecule has 1 N–H and O–H groups in total. The predicted octanol–water partition coefficient (Wildman–Crippen LogP) is 4.38. The molecule has 3 aromatic rings. The highest BCUT2D eigenvalue weighted by Crippen LogP contribution is 2.35. The Morgan fingerprint density at radius 1 is 1.00 bits per heavy atom. The second-order valence-corrected chi connectivity index (χ2v) is 7.96. The van der Waals surface area contributed by atoms with Gasteiger partial charge in [-0.25, -0.2) is 19.3 Å². The summed E-state index contributed by atoms with van der Waals surface area (Å²) in [6.07, 6.45) is -4.05. The van der Waals surface area contributed by atoms with E-state index >= 15 is 0 Å². The molecule has 174 valence electrons. The third-order valence-corrected chi connectivity index (χ3v) is 5.55. The summed E-state index contributed by atoms with van der Waals surface area (Å²) in [5, 5.41) is 10.1. The van der Waals surface area contributed by atoms with Crippen molar-refractivity contribution in [2.24, 2.45) is 0 Å². The van der Waals surface area contributed by atoms with Gasteiger partial charge in [-0.2, -0.15) is 13.2 Å². The molecular weight excluding hydrogens is 438 g/mol. The summed E-state index contributed by atoms with van der Waals surface area (Å²) < 4.78 is 53.9. The van der Waals surface area contributed by atoms with Crippen molar-refractivity contribution in [2.45, 2.75) is 26.1 Å². The van der Waals surface area contributed by atoms with Gasteiger partial charge in [0.2, 0.25) is 0 Å². The third-order valence-electron chi connectivity index (χ3n) is 5.55. The van der Waals surface area contributed by atoms with E-state index in [9.17, 15) is 22.7 Å². The Morgan fingerprint density at radius 3 is 2.33 bits per heavy atom. The summed E-state index contributed by atoms with van der Waals surface area (Å²) in [4.78, 5) is 16.4. The average Bonchev–Trinajstić information content (AvgIpc) is 2.80. The van der Waals surface area contributed by atoms with Crippen LogP contribution in [0.2, 0.25) is 0 Å². The highest BCUT2D eigenvalue weighted by molar-refractivity contribution is 5.64. The van der Waals surface area contributed by atoms with Crippen molar-refractivity contribution in [3.8, 4) is 11.3 Å². The van der Waals surface area contributed by atoms with Crippen LogP contribution in [0.5, 0.6) is 0 Å². The van der Waals surface area contributed by atoms with Crippen molar-refractivity contribution in [3.63, 3.8) is 0 Å². The van der Waals surface area contributed by atoms with Crippen LogP contribution < -0.4 is 9.80 Å². The van der Waals surface area contributed by atoms with Crippen molar-refractivity contribution in [1.82, 2.24) is 15.0 Å². The number of aryl methyl sites for hydroxylation is 1. The van der Waals surface area contributed by atoms with Crippen LogP contribution in [0.1, 0.15) is 30.0 Å². The van der Waals surface area contributed by atoms with Crippen LogP contribution in [-0.2, 0) is 6.18 Å². The summed E-state index contributed by atoms with van der Waals surface area (Å²) in [6.45, 7) is 4.66. The van der Waals surface area contributed by atoms with Crippen molar-refractivity contribution in [2.75, 3.05) is 36.0 Å². The number of aromatic nitrogens is 3. The SMILES string of the molecule is Cc1cc(-c2cc(N3CCN(c4ncccc4C(F)(F)F)CC3)nc(C(C)O)n2)ccc1F. The minimum Gasteiger partial charge on any atom is -0.385 e. The largest absolute Gasteiger partial charge is 0.419 e. The smallest absolute Gasteiger partial charge is 0.385 e. The predicted molar refractivity (Wildman–Crippen MR) is 116 cm³/mol. The van der Waals surface area contributed by atoms with Gasteiger partial charge in [-0.3, -0.25) is 0 Å². The van der Waals surface area contributed by atoms with Gasteiger partial charge >= 0.3 is 6.18 Å². The number of anilines is 2. The molecule has 0 spiro atoms. The maximum atomic E-state index is 13.7. The molecule has 0 saturated carbocycles. The Hall–Kier alpha value is -3.27. The zero-order chi connectivity index (χ0) is 23.8. The first kappa shape index (κ1) is 22.9. The number of rotatable bonds is 4. The van der Waals surface area contributed by atoms with Crippen molar-refractivity contribution >= 4 is 11.6 Å². The van der Waals surface area contributed by atoms with Gasteiger partial charge in [0.1, 0.15) is 23.6 Å². The van der Waals surface area contributed by atoms with Crippen molar-refractivity contribution in [1.29, 1.82) is 0 Å². The van der Waals surface area contributed by atoms with E-state index in [4.69, 9.17) is 0 Å². The lowest BCUT2D eigenvalue weighted by Gasteiger charge is -2.37. The quantitative estimate of drug-likeness (QED) is 0.582. The third kappa shape index (κ3) is 4.90. The van der Waals surface area contributed by atoms with Crippen molar-refractivity contribution < 1.29 is 22.7 Å². The molecule has 0 radical (unpaired) electrons. The Bertz CT molecular complexity index is 1140. The van der Waals surface area contributed by atoms with E-state index in [1.807, 2.05) is 4.90 Å². The number of aliphatic hydroxyl groups is 1. The molecule has 1 aliphatic heterocycles. The first-order chi connectivity index (χ1) is 15.6. The maximum Gasteiger partial charge on any atom is 0.419 e. The molecule has 4 rings (SSSR count). The van der Waals surface area contributed by atoms with E-state index < -0.39 is 17.8 Å². The van der Waals surface area contributed by atoms with Crippen LogP contribution in [-0.4, -0.2) is 46.2 Å². The van der Waals surface area contributed by atoms with E-state index in [1.54, 1.807) is 36.9 Å². The van der Waals surface area contributed by atoms with Gasteiger partial charge in [0.05, 0.1) is 11.3 Å². The number of benzene rings is 1. The first-order valence-electron chi connectivity index (χ1n) is 10.5. The Balaban J connectivity index is 1.60. The second kappa shape index (κ2) is 8.93. The number of alkyl halides is 3. The average molecular weight is 461 g/mol. The van der Waals surface area contributed by atoms with Gasteiger partial charge in [-0.05, 0) is 49.7 Å². The Morgan fingerprint density at radius 2 is 1.70 bits per heavy atom. The lowest BCUT2D eigenvalue weighted by atomic mass is 10.1. The molecule has 1 fully saturated rings. The monoisotopic (exact) mass is 461 g/mol. The first-order valence-corrected chi connectivity index (χ1v) is 10.5. The van der Waals surface area contributed by atoms with E-state index in [2.05, 4.69) is 15.0 Å². The summed E-state index contributed by atoms with van der Waals surface area (Å²) in [5.41, 5.74) is 0.924. The van der Waals surface area contributed by atoms with Gasteiger partial charge in [-0.1, -0.05) is 0 Å². The fourth-order valence-corrected chi connectivity index (χ4v) is 3.77. The highest BCUT2D eigenvalue weighted by Gasteiger charge is 2.36. The number of hydrogen-bond donors (Lipinski definition) is 1. The van der Waals surface area contributed by atoms with E-state index in [0.717, 1.165) is 6.07 Å². The molecule has 10 heteroatoms. The van der Waals surface area contributed by atoms with Gasteiger partial charge in [-0.15, -0.1) is 0 Å². The number of aliphatic hydroxyl groups excluding tert-OH is 1. The lowest BCUT2D eigenvalue weighted by molar-refractivity contribution is -0.137. The molecule has 0 amide bonds. The van der Waals surface area contributed by atoms with E-state index in [1.165, 1.54) is 18.3 Å². The molecular formula is C23H23F4N5O. The van der Waals surface area contributed by atoms with Crippen LogP contribution in [0.3, 0.4) is 0 Å². The van der Waals surface area contributed by atoms with Gasteiger partial charge in [0, 0.05) is 44.0 Å². The minimum absolute atomic E-state index is 0.0838. The summed E-state index contributed by atoms with van der Waals surface area (Å²) in [5.74, 6) is 0.359. The molecule has 33 heavy (non-hydrogen) atoms. The van der Waals surface area contributed by atoms with Crippen LogP contribution in [0, 0.1) is 12.7 Å². The second-order valence-electron chi connectivity index (χ2n) is 7.96. The Kier molecular flexibility index (Phi) is 6.20. The molecule has 2 aromatic heterocycles.